The van der Waals surface area contributed by atoms with E-state index in [-0.39, 0.29) is 30.0 Å². The van der Waals surface area contributed by atoms with Gasteiger partial charge in [-0.2, -0.15) is 0 Å². The summed E-state index contributed by atoms with van der Waals surface area (Å²) in [5.74, 6) is -1.77. The van der Waals surface area contributed by atoms with E-state index >= 15 is 0 Å². The van der Waals surface area contributed by atoms with Gasteiger partial charge in [-0.05, 0) is 42.0 Å². The molecule has 158 valence electrons. The fourth-order valence-electron chi connectivity index (χ4n) is 3.41. The molecule has 7 nitrogen and oxygen atoms in total. The first-order chi connectivity index (χ1) is 14.5. The smallest absolute Gasteiger partial charge is 0.295 e. The van der Waals surface area contributed by atoms with Crippen LogP contribution >= 0.6 is 0 Å². The lowest BCUT2D eigenvalue weighted by atomic mass is 9.95. The Kier molecular flexibility index (Phi) is 6.81. The average Bonchev–Trinajstić information content (AvgIpc) is 3.01. The third-order valence-corrected chi connectivity index (χ3v) is 4.91. The Balaban J connectivity index is 2.05. The number of ketones is 1. The molecule has 0 spiro atoms. The van der Waals surface area contributed by atoms with Crippen molar-refractivity contribution in [2.45, 2.75) is 6.04 Å². The van der Waals surface area contributed by atoms with Crippen molar-refractivity contribution in [3.8, 4) is 5.75 Å². The van der Waals surface area contributed by atoms with Crippen LogP contribution in [0.1, 0.15) is 17.2 Å². The number of rotatable bonds is 8. The number of Topliss-reactive ketones (excluding diaryl/α,β-unsaturated/α-hetero) is 1. The molecule has 0 aromatic heterocycles. The van der Waals surface area contributed by atoms with Crippen LogP contribution in [-0.4, -0.2) is 60.2 Å². The fraction of sp³-hybridized carbons (Fsp3) is 0.273. The highest BCUT2D eigenvalue weighted by Crippen LogP contribution is 2.39. The van der Waals surface area contributed by atoms with E-state index in [1.807, 2.05) is 0 Å². The summed E-state index contributed by atoms with van der Waals surface area (Å²) < 4.78 is 18.4. The van der Waals surface area contributed by atoms with Crippen molar-refractivity contribution < 1.29 is 28.9 Å². The van der Waals surface area contributed by atoms with E-state index in [4.69, 9.17) is 9.84 Å². The number of benzene rings is 2. The van der Waals surface area contributed by atoms with Gasteiger partial charge in [0.15, 0.2) is 0 Å². The summed E-state index contributed by atoms with van der Waals surface area (Å²) in [6, 6.07) is 11.1. The maximum absolute atomic E-state index is 13.3. The number of halogens is 1. The molecule has 0 saturated carbocycles. The number of nitrogens with one attached hydrogen (secondary N) is 1. The first-order valence-electron chi connectivity index (χ1n) is 9.47. The molecule has 1 atom stereocenters. The molecular weight excluding hydrogens is 391 g/mol. The van der Waals surface area contributed by atoms with Crippen LogP contribution in [0.25, 0.3) is 5.76 Å². The van der Waals surface area contributed by atoms with E-state index in [9.17, 15) is 19.1 Å². The molecule has 1 saturated heterocycles. The van der Waals surface area contributed by atoms with Crippen molar-refractivity contribution in [1.29, 1.82) is 0 Å². The lowest BCUT2D eigenvalue weighted by molar-refractivity contribution is -0.139. The van der Waals surface area contributed by atoms with Gasteiger partial charge < -0.3 is 25.2 Å². The zero-order valence-corrected chi connectivity index (χ0v) is 16.5. The lowest BCUT2D eigenvalue weighted by Gasteiger charge is -2.25. The van der Waals surface area contributed by atoms with Crippen molar-refractivity contribution in [2.75, 3.05) is 33.4 Å². The number of carbonyl (C=O) groups excluding carboxylic acids is 2. The van der Waals surface area contributed by atoms with Gasteiger partial charge in [-0.3, -0.25) is 9.59 Å². The largest absolute Gasteiger partial charge is 0.507 e. The van der Waals surface area contributed by atoms with E-state index in [0.717, 1.165) is 0 Å². The van der Waals surface area contributed by atoms with E-state index in [2.05, 4.69) is 5.32 Å². The summed E-state index contributed by atoms with van der Waals surface area (Å²) in [6.45, 7) is 0.857. The summed E-state index contributed by atoms with van der Waals surface area (Å²) in [4.78, 5) is 26.9. The Morgan fingerprint density at radius 3 is 2.37 bits per heavy atom. The number of carbonyl (C=O) groups is 2. The summed E-state index contributed by atoms with van der Waals surface area (Å²) in [5.41, 5.74) is 0.811. The molecule has 1 unspecified atom stereocenters. The third kappa shape index (κ3) is 4.34. The van der Waals surface area contributed by atoms with Gasteiger partial charge in [0.1, 0.15) is 17.3 Å². The first-order valence-corrected chi connectivity index (χ1v) is 9.47. The number of hydrogen-bond donors (Lipinski definition) is 3. The van der Waals surface area contributed by atoms with Crippen LogP contribution in [-0.2, 0) is 9.59 Å². The van der Waals surface area contributed by atoms with Gasteiger partial charge in [-0.15, -0.1) is 0 Å². The molecule has 8 heteroatoms. The van der Waals surface area contributed by atoms with Crippen LogP contribution in [0.15, 0.2) is 54.1 Å². The highest BCUT2D eigenvalue weighted by Gasteiger charge is 2.45. The highest BCUT2D eigenvalue weighted by molar-refractivity contribution is 6.46. The number of aliphatic hydroxyl groups excluding tert-OH is 2. The number of likely N-dealkylation sites (tertiary alicyclic amines) is 1. The lowest BCUT2D eigenvalue weighted by Crippen LogP contribution is -2.36. The predicted molar refractivity (Wildman–Crippen MR) is 108 cm³/mol. The number of nitrogens with zero attached hydrogens (tertiary/aromatic N) is 1. The van der Waals surface area contributed by atoms with Crippen LogP contribution in [0.3, 0.4) is 0 Å². The minimum Gasteiger partial charge on any atom is -0.507 e. The monoisotopic (exact) mass is 414 g/mol. The van der Waals surface area contributed by atoms with E-state index in [1.54, 1.807) is 24.3 Å². The summed E-state index contributed by atoms with van der Waals surface area (Å²) in [6.07, 6.45) is 0. The molecule has 2 aromatic rings. The van der Waals surface area contributed by atoms with Gasteiger partial charge in [0, 0.05) is 25.2 Å². The van der Waals surface area contributed by atoms with Crippen LogP contribution in [0.4, 0.5) is 4.39 Å². The molecule has 1 aliphatic heterocycles. The molecule has 1 aliphatic rings. The summed E-state index contributed by atoms with van der Waals surface area (Å²) in [7, 11) is 1.53. The molecule has 1 heterocycles. The Bertz CT molecular complexity index is 941. The highest BCUT2D eigenvalue weighted by atomic mass is 19.1. The van der Waals surface area contributed by atoms with Gasteiger partial charge in [-0.25, -0.2) is 4.39 Å². The standard InChI is InChI=1S/C22H23FN2O5/c1-30-17-8-4-14(5-9-17)19-18(20(27)15-2-6-16(23)7-3-15)21(28)22(29)25(19)12-10-24-11-13-26/h2-9,19,24,26-27H,10-13H2,1H3/b20-18-. The number of ether oxygens (including phenoxy) is 1. The Morgan fingerprint density at radius 2 is 1.77 bits per heavy atom. The van der Waals surface area contributed by atoms with E-state index < -0.39 is 23.5 Å². The number of methoxy groups -OCH3 is 1. The average molecular weight is 414 g/mol. The van der Waals surface area contributed by atoms with Crippen LogP contribution in [0.5, 0.6) is 5.75 Å². The van der Waals surface area contributed by atoms with Gasteiger partial charge in [-0.1, -0.05) is 12.1 Å². The maximum atomic E-state index is 13.3. The topological polar surface area (TPSA) is 99.1 Å². The normalized spacial score (nSPS) is 18.1. The first kappa shape index (κ1) is 21.5. The quantitative estimate of drug-likeness (QED) is 0.264. The predicted octanol–water partition coefficient (Wildman–Crippen LogP) is 1.84. The second-order valence-corrected chi connectivity index (χ2v) is 6.75. The third-order valence-electron chi connectivity index (χ3n) is 4.91. The Morgan fingerprint density at radius 1 is 1.10 bits per heavy atom. The molecule has 0 bridgehead atoms. The fourth-order valence-corrected chi connectivity index (χ4v) is 3.41. The van der Waals surface area contributed by atoms with E-state index in [1.165, 1.54) is 36.3 Å². The number of aliphatic hydroxyl groups is 2. The van der Waals surface area contributed by atoms with Crippen LogP contribution in [0.2, 0.25) is 0 Å². The number of amides is 1. The van der Waals surface area contributed by atoms with Gasteiger partial charge in [0.25, 0.3) is 11.7 Å². The Labute approximate surface area is 173 Å². The second kappa shape index (κ2) is 9.51. The molecule has 0 aliphatic carbocycles. The molecular formula is C22H23FN2O5. The van der Waals surface area contributed by atoms with Gasteiger partial charge in [0.2, 0.25) is 0 Å². The second-order valence-electron chi connectivity index (χ2n) is 6.75. The Hall–Kier alpha value is -3.23. The van der Waals surface area contributed by atoms with Crippen LogP contribution < -0.4 is 10.1 Å². The zero-order chi connectivity index (χ0) is 21.7. The van der Waals surface area contributed by atoms with Gasteiger partial charge in [0.05, 0.1) is 25.3 Å². The maximum Gasteiger partial charge on any atom is 0.295 e. The van der Waals surface area contributed by atoms with E-state index in [0.29, 0.717) is 24.4 Å². The molecule has 2 aromatic carbocycles. The van der Waals surface area contributed by atoms with Crippen molar-refractivity contribution in [3.05, 3.63) is 71.0 Å². The zero-order valence-electron chi connectivity index (χ0n) is 16.5. The van der Waals surface area contributed by atoms with Crippen molar-refractivity contribution >= 4 is 17.4 Å². The molecule has 3 N–H and O–H groups in total. The molecule has 30 heavy (non-hydrogen) atoms. The number of hydrogen-bond acceptors (Lipinski definition) is 6. The summed E-state index contributed by atoms with van der Waals surface area (Å²) in [5, 5.41) is 22.7. The molecule has 0 radical (unpaired) electrons. The van der Waals surface area contributed by atoms with Crippen molar-refractivity contribution in [2.24, 2.45) is 0 Å². The molecule has 3 rings (SSSR count). The minimum atomic E-state index is -0.808. The molecule has 1 fully saturated rings. The van der Waals surface area contributed by atoms with Crippen molar-refractivity contribution in [3.63, 3.8) is 0 Å². The van der Waals surface area contributed by atoms with Crippen LogP contribution in [0, 0.1) is 5.82 Å². The minimum absolute atomic E-state index is 0.0503. The van der Waals surface area contributed by atoms with Gasteiger partial charge >= 0.3 is 0 Å². The van der Waals surface area contributed by atoms with Crippen molar-refractivity contribution in [1.82, 2.24) is 10.2 Å². The SMILES string of the molecule is COc1ccc(C2/C(=C(/O)c3ccc(F)cc3)C(=O)C(=O)N2CCNCCO)cc1. The molecule has 1 amide bonds. The summed E-state index contributed by atoms with van der Waals surface area (Å²) >= 11 is 0.